The van der Waals surface area contributed by atoms with Gasteiger partial charge >= 0.3 is 0 Å². The number of carbonyl (C=O) groups is 1. The average Bonchev–Trinajstić information content (AvgIpc) is 2.53. The van der Waals surface area contributed by atoms with Gasteiger partial charge < -0.3 is 10.6 Å². The summed E-state index contributed by atoms with van der Waals surface area (Å²) in [7, 11) is 0. The maximum atomic E-state index is 12.2. The Morgan fingerprint density at radius 2 is 2.09 bits per heavy atom. The van der Waals surface area contributed by atoms with E-state index in [0.717, 1.165) is 30.6 Å². The zero-order valence-electron chi connectivity index (χ0n) is 13.2. The summed E-state index contributed by atoms with van der Waals surface area (Å²) in [5.41, 5.74) is 3.65. The Morgan fingerprint density at radius 3 is 2.86 bits per heavy atom. The number of anilines is 1. The van der Waals surface area contributed by atoms with Gasteiger partial charge in [-0.25, -0.2) is 0 Å². The van der Waals surface area contributed by atoms with Crippen molar-refractivity contribution in [3.05, 3.63) is 59.4 Å². The molecule has 0 unspecified atom stereocenters. The van der Waals surface area contributed by atoms with Crippen LogP contribution in [0.3, 0.4) is 0 Å². The van der Waals surface area contributed by atoms with E-state index in [9.17, 15) is 4.79 Å². The highest BCUT2D eigenvalue weighted by molar-refractivity contribution is 5.93. The molecule has 4 heteroatoms. The van der Waals surface area contributed by atoms with Gasteiger partial charge in [-0.05, 0) is 31.0 Å². The third-order valence-corrected chi connectivity index (χ3v) is 3.39. The van der Waals surface area contributed by atoms with Crippen molar-refractivity contribution in [2.45, 2.75) is 33.2 Å². The normalized spacial score (nSPS) is 10.3. The molecule has 0 fully saturated rings. The molecule has 0 radical (unpaired) electrons. The highest BCUT2D eigenvalue weighted by Gasteiger charge is 2.07. The number of aromatic nitrogens is 1. The smallest absolute Gasteiger partial charge is 0.270 e. The van der Waals surface area contributed by atoms with Crippen LogP contribution in [-0.2, 0) is 6.54 Å². The van der Waals surface area contributed by atoms with Crippen LogP contribution in [0, 0.1) is 6.92 Å². The van der Waals surface area contributed by atoms with Crippen molar-refractivity contribution < 1.29 is 4.79 Å². The largest absolute Gasteiger partial charge is 0.385 e. The van der Waals surface area contributed by atoms with Crippen LogP contribution in [-0.4, -0.2) is 17.4 Å². The lowest BCUT2D eigenvalue weighted by atomic mass is 10.1. The number of pyridine rings is 1. The number of nitrogens with zero attached hydrogens (tertiary/aromatic N) is 1. The minimum absolute atomic E-state index is 0.152. The quantitative estimate of drug-likeness (QED) is 0.769. The number of carbonyl (C=O) groups excluding carboxylic acids is 1. The first-order chi connectivity index (χ1) is 10.7. The summed E-state index contributed by atoms with van der Waals surface area (Å²) >= 11 is 0. The Morgan fingerprint density at radius 1 is 1.23 bits per heavy atom. The molecule has 0 spiro atoms. The van der Waals surface area contributed by atoms with Crippen LogP contribution in [0.4, 0.5) is 5.69 Å². The first-order valence-corrected chi connectivity index (χ1v) is 7.72. The lowest BCUT2D eigenvalue weighted by Gasteiger charge is -2.08. The van der Waals surface area contributed by atoms with Crippen molar-refractivity contribution in [2.24, 2.45) is 0 Å². The van der Waals surface area contributed by atoms with E-state index in [1.54, 1.807) is 12.3 Å². The molecule has 2 N–H and O–H groups in total. The van der Waals surface area contributed by atoms with Crippen molar-refractivity contribution >= 4 is 11.6 Å². The van der Waals surface area contributed by atoms with E-state index in [-0.39, 0.29) is 5.91 Å². The second kappa shape index (κ2) is 8.17. The standard InChI is InChI=1S/C18H23N3O/c1-3-4-9-19-16-8-10-20-17(12-16)18(22)21-13-15-7-5-6-14(2)11-15/h5-8,10-12H,3-4,9,13H2,1-2H3,(H,19,20)(H,21,22). The predicted octanol–water partition coefficient (Wildman–Crippen LogP) is 3.53. The Balaban J connectivity index is 1.93. The fourth-order valence-corrected chi connectivity index (χ4v) is 2.17. The van der Waals surface area contributed by atoms with Crippen LogP contribution in [0.5, 0.6) is 0 Å². The second-order valence-corrected chi connectivity index (χ2v) is 5.38. The molecule has 0 saturated carbocycles. The first kappa shape index (κ1) is 16.0. The van der Waals surface area contributed by atoms with Crippen molar-refractivity contribution in [2.75, 3.05) is 11.9 Å². The molecular weight excluding hydrogens is 274 g/mol. The van der Waals surface area contributed by atoms with Gasteiger partial charge in [0.1, 0.15) is 5.69 Å². The van der Waals surface area contributed by atoms with E-state index in [2.05, 4.69) is 28.6 Å². The van der Waals surface area contributed by atoms with E-state index in [4.69, 9.17) is 0 Å². The minimum Gasteiger partial charge on any atom is -0.385 e. The van der Waals surface area contributed by atoms with Crippen LogP contribution < -0.4 is 10.6 Å². The molecule has 1 amide bonds. The van der Waals surface area contributed by atoms with Gasteiger partial charge in [0, 0.05) is 25.0 Å². The van der Waals surface area contributed by atoms with Crippen LogP contribution in [0.15, 0.2) is 42.6 Å². The summed E-state index contributed by atoms with van der Waals surface area (Å²) < 4.78 is 0. The average molecular weight is 297 g/mol. The molecule has 2 rings (SSSR count). The van der Waals surface area contributed by atoms with Crippen LogP contribution in [0.2, 0.25) is 0 Å². The van der Waals surface area contributed by atoms with Crippen molar-refractivity contribution in [3.63, 3.8) is 0 Å². The zero-order valence-corrected chi connectivity index (χ0v) is 13.2. The van der Waals surface area contributed by atoms with Crippen LogP contribution in [0.25, 0.3) is 0 Å². The van der Waals surface area contributed by atoms with Gasteiger partial charge in [0.15, 0.2) is 0 Å². The summed E-state index contributed by atoms with van der Waals surface area (Å²) in [5, 5.41) is 6.21. The van der Waals surface area contributed by atoms with Gasteiger partial charge in [-0.3, -0.25) is 9.78 Å². The maximum absolute atomic E-state index is 12.2. The fraction of sp³-hybridized carbons (Fsp3) is 0.333. The molecule has 4 nitrogen and oxygen atoms in total. The number of aryl methyl sites for hydroxylation is 1. The lowest BCUT2D eigenvalue weighted by molar-refractivity contribution is 0.0946. The van der Waals surface area contributed by atoms with Crippen LogP contribution in [0.1, 0.15) is 41.4 Å². The molecule has 0 saturated heterocycles. The molecule has 1 aromatic carbocycles. The van der Waals surface area contributed by atoms with Crippen molar-refractivity contribution in [1.82, 2.24) is 10.3 Å². The van der Waals surface area contributed by atoms with Gasteiger partial charge in [0.2, 0.25) is 0 Å². The number of nitrogens with one attached hydrogen (secondary N) is 2. The molecule has 0 aliphatic heterocycles. The number of benzene rings is 1. The van der Waals surface area contributed by atoms with Crippen molar-refractivity contribution in [1.29, 1.82) is 0 Å². The maximum Gasteiger partial charge on any atom is 0.270 e. The van der Waals surface area contributed by atoms with E-state index >= 15 is 0 Å². The molecule has 1 aromatic heterocycles. The highest BCUT2D eigenvalue weighted by Crippen LogP contribution is 2.09. The SMILES string of the molecule is CCCCNc1ccnc(C(=O)NCc2cccc(C)c2)c1. The van der Waals surface area contributed by atoms with Gasteiger partial charge in [-0.2, -0.15) is 0 Å². The molecule has 116 valence electrons. The Kier molecular flexibility index (Phi) is 5.95. The molecule has 22 heavy (non-hydrogen) atoms. The molecule has 2 aromatic rings. The topological polar surface area (TPSA) is 54.0 Å². The Hall–Kier alpha value is -2.36. The summed E-state index contributed by atoms with van der Waals surface area (Å²) in [4.78, 5) is 16.3. The van der Waals surface area contributed by atoms with Gasteiger partial charge in [-0.15, -0.1) is 0 Å². The number of hydrogen-bond acceptors (Lipinski definition) is 3. The molecular formula is C18H23N3O. The summed E-state index contributed by atoms with van der Waals surface area (Å²) in [6.45, 7) is 5.61. The van der Waals surface area contributed by atoms with E-state index in [1.807, 2.05) is 31.2 Å². The second-order valence-electron chi connectivity index (χ2n) is 5.38. The summed E-state index contributed by atoms with van der Waals surface area (Å²) in [6, 6.07) is 11.8. The molecule has 0 bridgehead atoms. The number of amides is 1. The van der Waals surface area contributed by atoms with Gasteiger partial charge in [0.25, 0.3) is 5.91 Å². The number of rotatable bonds is 7. The molecule has 1 heterocycles. The summed E-state index contributed by atoms with van der Waals surface area (Å²) in [6.07, 6.45) is 3.91. The van der Waals surface area contributed by atoms with Gasteiger partial charge in [0.05, 0.1) is 0 Å². The lowest BCUT2D eigenvalue weighted by Crippen LogP contribution is -2.24. The predicted molar refractivity (Wildman–Crippen MR) is 90.0 cm³/mol. The van der Waals surface area contributed by atoms with Crippen molar-refractivity contribution in [3.8, 4) is 0 Å². The minimum atomic E-state index is -0.152. The number of hydrogen-bond donors (Lipinski definition) is 2. The van der Waals surface area contributed by atoms with E-state index < -0.39 is 0 Å². The third kappa shape index (κ3) is 4.88. The Bertz CT molecular complexity index is 625. The fourth-order valence-electron chi connectivity index (χ4n) is 2.17. The van der Waals surface area contributed by atoms with E-state index in [1.165, 1.54) is 5.56 Å². The third-order valence-electron chi connectivity index (χ3n) is 3.39. The molecule has 0 atom stereocenters. The van der Waals surface area contributed by atoms with Crippen LogP contribution >= 0.6 is 0 Å². The highest BCUT2D eigenvalue weighted by atomic mass is 16.1. The monoisotopic (exact) mass is 297 g/mol. The van der Waals surface area contributed by atoms with E-state index in [0.29, 0.717) is 12.2 Å². The molecule has 0 aliphatic carbocycles. The zero-order chi connectivity index (χ0) is 15.8. The number of unbranched alkanes of at least 4 members (excludes halogenated alkanes) is 1. The Labute approximate surface area is 132 Å². The molecule has 0 aliphatic rings. The van der Waals surface area contributed by atoms with Gasteiger partial charge in [-0.1, -0.05) is 43.2 Å². The first-order valence-electron chi connectivity index (χ1n) is 7.72. The summed E-state index contributed by atoms with van der Waals surface area (Å²) in [5.74, 6) is -0.152.